The maximum absolute atomic E-state index is 5.21. The number of nitrogens with zero attached hydrogens (tertiary/aromatic N) is 2. The molecule has 4 heteroatoms. The van der Waals surface area contributed by atoms with Crippen LogP contribution in [0.15, 0.2) is 0 Å². The molecule has 0 amide bonds. The van der Waals surface area contributed by atoms with E-state index >= 15 is 0 Å². The van der Waals surface area contributed by atoms with E-state index < -0.39 is 0 Å². The minimum Gasteiger partial charge on any atom is -0.379 e. The van der Waals surface area contributed by atoms with Gasteiger partial charge >= 0.3 is 0 Å². The van der Waals surface area contributed by atoms with E-state index in [1.165, 1.54) is 0 Å². The Morgan fingerprint density at radius 3 is 1.06 bits per heavy atom. The van der Waals surface area contributed by atoms with Crippen LogP contribution in [-0.2, 0) is 9.47 Å². The molecule has 0 unspecified atom stereocenters. The first kappa shape index (κ1) is 15.9. The van der Waals surface area contributed by atoms with E-state index in [0.717, 1.165) is 52.6 Å². The lowest BCUT2D eigenvalue weighted by molar-refractivity contribution is 0.0237. The molecule has 2 heterocycles. The van der Waals surface area contributed by atoms with Crippen molar-refractivity contribution in [1.82, 2.24) is 9.80 Å². The third kappa shape index (κ3) is 6.14. The Kier molecular flexibility index (Phi) is 7.82. The van der Waals surface area contributed by atoms with Crippen LogP contribution in [0.3, 0.4) is 0 Å². The average Bonchev–Trinajstić information content (AvgIpc) is 2.41. The largest absolute Gasteiger partial charge is 0.379 e. The summed E-state index contributed by atoms with van der Waals surface area (Å²) in [6.45, 7) is 17.0. The second kappa shape index (κ2) is 8.86. The summed E-state index contributed by atoms with van der Waals surface area (Å²) in [5, 5.41) is 0. The van der Waals surface area contributed by atoms with Gasteiger partial charge in [0, 0.05) is 38.3 Å². The maximum atomic E-state index is 5.21. The zero-order valence-corrected chi connectivity index (χ0v) is 12.5. The highest BCUT2D eigenvalue weighted by Crippen LogP contribution is 2.01. The molecule has 18 heavy (non-hydrogen) atoms. The Bertz CT molecular complexity index is 176. The summed E-state index contributed by atoms with van der Waals surface area (Å²) in [4.78, 5) is 4.87. The summed E-state index contributed by atoms with van der Waals surface area (Å²) in [5.74, 6) is 0. The first-order valence-corrected chi connectivity index (χ1v) is 7.25. The monoisotopic (exact) mass is 258 g/mol. The second-order valence-corrected chi connectivity index (χ2v) is 5.48. The molecule has 0 aliphatic carbocycles. The number of hydrogen-bond acceptors (Lipinski definition) is 4. The van der Waals surface area contributed by atoms with Crippen molar-refractivity contribution in [1.29, 1.82) is 0 Å². The van der Waals surface area contributed by atoms with E-state index in [0.29, 0.717) is 12.1 Å². The summed E-state index contributed by atoms with van der Waals surface area (Å²) >= 11 is 0. The van der Waals surface area contributed by atoms with Crippen molar-refractivity contribution < 1.29 is 9.47 Å². The minimum atomic E-state index is 0.689. The van der Waals surface area contributed by atoms with Crippen LogP contribution in [-0.4, -0.2) is 74.5 Å². The van der Waals surface area contributed by atoms with Gasteiger partial charge in [0.25, 0.3) is 0 Å². The smallest absolute Gasteiger partial charge is 0.0594 e. The van der Waals surface area contributed by atoms with Crippen molar-refractivity contribution in [3.8, 4) is 0 Å². The van der Waals surface area contributed by atoms with Crippen molar-refractivity contribution in [2.75, 3.05) is 52.6 Å². The van der Waals surface area contributed by atoms with Crippen LogP contribution in [0.25, 0.3) is 0 Å². The molecule has 2 aliphatic rings. The van der Waals surface area contributed by atoms with Crippen molar-refractivity contribution >= 4 is 0 Å². The third-order valence-electron chi connectivity index (χ3n) is 3.55. The molecule has 2 fully saturated rings. The predicted molar refractivity (Wildman–Crippen MR) is 75.1 cm³/mol. The molecule has 0 aromatic heterocycles. The Morgan fingerprint density at radius 1 is 0.611 bits per heavy atom. The third-order valence-corrected chi connectivity index (χ3v) is 3.55. The van der Waals surface area contributed by atoms with E-state index in [4.69, 9.17) is 9.47 Å². The van der Waals surface area contributed by atoms with Gasteiger partial charge in [-0.15, -0.1) is 0 Å². The summed E-state index contributed by atoms with van der Waals surface area (Å²) < 4.78 is 10.4. The van der Waals surface area contributed by atoms with Crippen molar-refractivity contribution in [2.45, 2.75) is 39.8 Å². The highest BCUT2D eigenvalue weighted by molar-refractivity contribution is 4.65. The molecule has 4 nitrogen and oxygen atoms in total. The van der Waals surface area contributed by atoms with Gasteiger partial charge in [0.2, 0.25) is 0 Å². The molecule has 0 spiro atoms. The van der Waals surface area contributed by atoms with Crippen molar-refractivity contribution in [2.24, 2.45) is 0 Å². The number of rotatable bonds is 2. The molecular weight excluding hydrogens is 228 g/mol. The Labute approximate surface area is 112 Å². The van der Waals surface area contributed by atoms with Gasteiger partial charge in [0.05, 0.1) is 26.4 Å². The molecule has 0 saturated carbocycles. The van der Waals surface area contributed by atoms with E-state index in [2.05, 4.69) is 37.5 Å². The van der Waals surface area contributed by atoms with Crippen LogP contribution in [0.4, 0.5) is 0 Å². The second-order valence-electron chi connectivity index (χ2n) is 5.48. The lowest BCUT2D eigenvalue weighted by Crippen LogP contribution is -2.40. The van der Waals surface area contributed by atoms with Crippen LogP contribution in [0.2, 0.25) is 0 Å². The van der Waals surface area contributed by atoms with Crippen LogP contribution in [0.5, 0.6) is 0 Å². The highest BCUT2D eigenvalue weighted by atomic mass is 16.5. The molecule has 0 bridgehead atoms. The highest BCUT2D eigenvalue weighted by Gasteiger charge is 2.12. The normalized spacial score (nSPS) is 23.0. The Morgan fingerprint density at radius 2 is 0.889 bits per heavy atom. The standard InChI is InChI=1S/2C7H15NO/c2*1-7(2)8-3-5-9-6-4-8/h2*7H,3-6H2,1-2H3. The molecule has 0 atom stereocenters. The molecule has 2 aliphatic heterocycles. The van der Waals surface area contributed by atoms with Crippen molar-refractivity contribution in [3.63, 3.8) is 0 Å². The lowest BCUT2D eigenvalue weighted by atomic mass is 10.3. The average molecular weight is 258 g/mol. The molecule has 108 valence electrons. The van der Waals surface area contributed by atoms with Gasteiger partial charge in [-0.1, -0.05) is 0 Å². The summed E-state index contributed by atoms with van der Waals surface area (Å²) in [6.07, 6.45) is 0. The maximum Gasteiger partial charge on any atom is 0.0594 e. The van der Waals surface area contributed by atoms with Gasteiger partial charge in [-0.25, -0.2) is 0 Å². The number of morpholine rings is 2. The lowest BCUT2D eigenvalue weighted by Gasteiger charge is -2.29. The molecule has 0 radical (unpaired) electrons. The first-order chi connectivity index (χ1) is 8.61. The minimum absolute atomic E-state index is 0.689. The summed E-state index contributed by atoms with van der Waals surface area (Å²) in [5.41, 5.74) is 0. The zero-order chi connectivity index (χ0) is 13.4. The van der Waals surface area contributed by atoms with Crippen LogP contribution in [0.1, 0.15) is 27.7 Å². The summed E-state index contributed by atoms with van der Waals surface area (Å²) in [6, 6.07) is 1.38. The Balaban J connectivity index is 0.000000180. The molecular formula is C14H30N2O2. The number of ether oxygens (including phenoxy) is 2. The molecule has 2 saturated heterocycles. The molecule has 2 rings (SSSR count). The van der Waals surface area contributed by atoms with Gasteiger partial charge in [-0.3, -0.25) is 9.80 Å². The van der Waals surface area contributed by atoms with Crippen LogP contribution in [0, 0.1) is 0 Å². The van der Waals surface area contributed by atoms with Gasteiger partial charge in [-0.05, 0) is 27.7 Å². The molecule has 0 N–H and O–H groups in total. The fraction of sp³-hybridized carbons (Fsp3) is 1.00. The van der Waals surface area contributed by atoms with E-state index in [-0.39, 0.29) is 0 Å². The van der Waals surface area contributed by atoms with Gasteiger partial charge < -0.3 is 9.47 Å². The predicted octanol–water partition coefficient (Wildman–Crippen LogP) is 1.45. The fourth-order valence-corrected chi connectivity index (χ4v) is 2.19. The van der Waals surface area contributed by atoms with Gasteiger partial charge in [0.1, 0.15) is 0 Å². The molecule has 0 aromatic carbocycles. The topological polar surface area (TPSA) is 24.9 Å². The summed E-state index contributed by atoms with van der Waals surface area (Å²) in [7, 11) is 0. The first-order valence-electron chi connectivity index (χ1n) is 7.25. The van der Waals surface area contributed by atoms with Crippen molar-refractivity contribution in [3.05, 3.63) is 0 Å². The molecule has 0 aromatic rings. The van der Waals surface area contributed by atoms with Crippen LogP contribution < -0.4 is 0 Å². The zero-order valence-electron chi connectivity index (χ0n) is 12.5. The number of hydrogen-bond donors (Lipinski definition) is 0. The van der Waals surface area contributed by atoms with Gasteiger partial charge in [-0.2, -0.15) is 0 Å². The quantitative estimate of drug-likeness (QED) is 0.748. The Hall–Kier alpha value is -0.160. The fourth-order valence-electron chi connectivity index (χ4n) is 2.19. The SMILES string of the molecule is CC(C)N1CCOCC1.CC(C)N1CCOCC1. The van der Waals surface area contributed by atoms with Crippen LogP contribution >= 0.6 is 0 Å². The van der Waals surface area contributed by atoms with E-state index in [1.807, 2.05) is 0 Å². The van der Waals surface area contributed by atoms with E-state index in [9.17, 15) is 0 Å². The van der Waals surface area contributed by atoms with E-state index in [1.54, 1.807) is 0 Å². The van der Waals surface area contributed by atoms with Gasteiger partial charge in [0.15, 0.2) is 0 Å².